The molecule has 2 N–H and O–H groups in total. The Labute approximate surface area is 153 Å². The second-order valence-corrected chi connectivity index (χ2v) is 6.04. The number of hydrogen-bond acceptors (Lipinski definition) is 5. The van der Waals surface area contributed by atoms with E-state index in [0.29, 0.717) is 11.5 Å². The average molecular weight is 399 g/mol. The number of carbonyl (C=O) groups is 1. The molecule has 126 valence electrons. The molecule has 3 aromatic rings. The lowest BCUT2D eigenvalue weighted by Gasteiger charge is -2.07. The van der Waals surface area contributed by atoms with Gasteiger partial charge in [0.15, 0.2) is 11.5 Å². The van der Waals surface area contributed by atoms with Crippen LogP contribution in [0.25, 0.3) is 0 Å². The summed E-state index contributed by atoms with van der Waals surface area (Å²) in [5.74, 6) is 1.00. The van der Waals surface area contributed by atoms with Crippen LogP contribution in [0, 0.1) is 0 Å². The van der Waals surface area contributed by atoms with E-state index in [-0.39, 0.29) is 11.6 Å². The molecule has 0 radical (unpaired) electrons. The van der Waals surface area contributed by atoms with E-state index >= 15 is 0 Å². The Balaban J connectivity index is 1.65. The smallest absolute Gasteiger partial charge is 0.276 e. The standard InChI is InChI=1S/C18H15BrN4O2/c1-25-15-7-5-13(6-8-15)20-17-10-9-16(22-23-17)18(24)21-14-4-2-3-12(19)11-14/h2-11H,1H3,(H,20,23)(H,21,24). The Morgan fingerprint density at radius 1 is 1.00 bits per heavy atom. The van der Waals surface area contributed by atoms with Crippen LogP contribution in [-0.4, -0.2) is 23.2 Å². The van der Waals surface area contributed by atoms with Crippen molar-refractivity contribution in [1.29, 1.82) is 0 Å². The van der Waals surface area contributed by atoms with E-state index in [0.717, 1.165) is 15.9 Å². The number of anilines is 3. The lowest BCUT2D eigenvalue weighted by molar-refractivity contribution is 0.102. The maximum atomic E-state index is 12.2. The predicted molar refractivity (Wildman–Crippen MR) is 100 cm³/mol. The summed E-state index contributed by atoms with van der Waals surface area (Å²) in [6.45, 7) is 0. The molecule has 0 unspecified atom stereocenters. The van der Waals surface area contributed by atoms with Crippen molar-refractivity contribution >= 4 is 39.0 Å². The molecule has 1 heterocycles. The Bertz CT molecular complexity index is 867. The summed E-state index contributed by atoms with van der Waals surface area (Å²) in [5.41, 5.74) is 1.77. The average Bonchev–Trinajstić information content (AvgIpc) is 2.63. The lowest BCUT2D eigenvalue weighted by atomic mass is 10.3. The molecule has 1 aromatic heterocycles. The number of nitrogens with zero attached hydrogens (tertiary/aromatic N) is 2. The number of methoxy groups -OCH3 is 1. The number of carbonyl (C=O) groups excluding carboxylic acids is 1. The van der Waals surface area contributed by atoms with Crippen LogP contribution in [0.4, 0.5) is 17.2 Å². The highest BCUT2D eigenvalue weighted by Gasteiger charge is 2.09. The minimum atomic E-state index is -0.318. The Morgan fingerprint density at radius 3 is 2.44 bits per heavy atom. The van der Waals surface area contributed by atoms with Crippen LogP contribution >= 0.6 is 15.9 Å². The van der Waals surface area contributed by atoms with Crippen LogP contribution < -0.4 is 15.4 Å². The van der Waals surface area contributed by atoms with E-state index in [1.165, 1.54) is 0 Å². The summed E-state index contributed by atoms with van der Waals surface area (Å²) in [6, 6.07) is 18.1. The first-order valence-electron chi connectivity index (χ1n) is 7.46. The maximum Gasteiger partial charge on any atom is 0.276 e. The molecule has 0 bridgehead atoms. The second-order valence-electron chi connectivity index (χ2n) is 5.12. The normalized spacial score (nSPS) is 10.2. The van der Waals surface area contributed by atoms with Crippen molar-refractivity contribution in [3.63, 3.8) is 0 Å². The van der Waals surface area contributed by atoms with Crippen molar-refractivity contribution in [1.82, 2.24) is 10.2 Å². The van der Waals surface area contributed by atoms with E-state index in [4.69, 9.17) is 4.74 Å². The van der Waals surface area contributed by atoms with Crippen LogP contribution in [0.3, 0.4) is 0 Å². The largest absolute Gasteiger partial charge is 0.497 e. The zero-order chi connectivity index (χ0) is 17.6. The van der Waals surface area contributed by atoms with Crippen LogP contribution in [0.15, 0.2) is 65.1 Å². The van der Waals surface area contributed by atoms with Gasteiger partial charge in [0, 0.05) is 15.8 Å². The van der Waals surface area contributed by atoms with Crippen LogP contribution in [0.5, 0.6) is 5.75 Å². The molecule has 0 atom stereocenters. The fourth-order valence-electron chi connectivity index (χ4n) is 2.10. The minimum Gasteiger partial charge on any atom is -0.497 e. The van der Waals surface area contributed by atoms with Gasteiger partial charge in [-0.3, -0.25) is 4.79 Å². The number of rotatable bonds is 5. The van der Waals surface area contributed by atoms with Gasteiger partial charge < -0.3 is 15.4 Å². The van der Waals surface area contributed by atoms with Crippen LogP contribution in [0.1, 0.15) is 10.5 Å². The molecule has 7 heteroatoms. The van der Waals surface area contributed by atoms with E-state index in [9.17, 15) is 4.79 Å². The molecule has 3 rings (SSSR count). The first-order valence-corrected chi connectivity index (χ1v) is 8.25. The van der Waals surface area contributed by atoms with Crippen molar-refractivity contribution in [3.8, 4) is 5.75 Å². The number of hydrogen-bond donors (Lipinski definition) is 2. The van der Waals surface area contributed by atoms with Gasteiger partial charge in [-0.05, 0) is 54.6 Å². The SMILES string of the molecule is COc1ccc(Nc2ccc(C(=O)Nc3cccc(Br)c3)nn2)cc1. The first-order chi connectivity index (χ1) is 12.1. The molecule has 0 aliphatic carbocycles. The number of aromatic nitrogens is 2. The second kappa shape index (κ2) is 7.76. The van der Waals surface area contributed by atoms with E-state index in [1.807, 2.05) is 42.5 Å². The maximum absolute atomic E-state index is 12.2. The summed E-state index contributed by atoms with van der Waals surface area (Å²) in [4.78, 5) is 12.2. The van der Waals surface area contributed by atoms with Crippen molar-refractivity contribution in [2.45, 2.75) is 0 Å². The van der Waals surface area contributed by atoms with Crippen molar-refractivity contribution in [3.05, 3.63) is 70.8 Å². The molecule has 25 heavy (non-hydrogen) atoms. The van der Waals surface area contributed by atoms with Gasteiger partial charge in [0.05, 0.1) is 7.11 Å². The molecule has 0 aliphatic heterocycles. The number of nitrogens with one attached hydrogen (secondary N) is 2. The molecule has 0 aliphatic rings. The zero-order valence-electron chi connectivity index (χ0n) is 13.4. The quantitative estimate of drug-likeness (QED) is 0.671. The highest BCUT2D eigenvalue weighted by atomic mass is 79.9. The molecule has 0 spiro atoms. The highest BCUT2D eigenvalue weighted by Crippen LogP contribution is 2.19. The molecule has 0 saturated carbocycles. The van der Waals surface area contributed by atoms with E-state index in [2.05, 4.69) is 36.8 Å². The third-order valence-corrected chi connectivity index (χ3v) is 3.84. The van der Waals surface area contributed by atoms with Gasteiger partial charge in [-0.15, -0.1) is 10.2 Å². The third kappa shape index (κ3) is 4.54. The molecule has 2 aromatic carbocycles. The number of ether oxygens (including phenoxy) is 1. The minimum absolute atomic E-state index is 0.236. The van der Waals surface area contributed by atoms with Crippen molar-refractivity contribution in [2.75, 3.05) is 17.7 Å². The molecule has 6 nitrogen and oxygen atoms in total. The summed E-state index contributed by atoms with van der Waals surface area (Å²) >= 11 is 3.36. The highest BCUT2D eigenvalue weighted by molar-refractivity contribution is 9.10. The first kappa shape index (κ1) is 16.9. The van der Waals surface area contributed by atoms with Crippen LogP contribution in [-0.2, 0) is 0 Å². The van der Waals surface area contributed by atoms with E-state index < -0.39 is 0 Å². The van der Waals surface area contributed by atoms with Gasteiger partial charge in [0.1, 0.15) is 5.75 Å². The van der Waals surface area contributed by atoms with Crippen molar-refractivity contribution in [2.24, 2.45) is 0 Å². The third-order valence-electron chi connectivity index (χ3n) is 3.34. The monoisotopic (exact) mass is 398 g/mol. The lowest BCUT2D eigenvalue weighted by Crippen LogP contribution is -2.14. The topological polar surface area (TPSA) is 76.1 Å². The van der Waals surface area contributed by atoms with E-state index in [1.54, 1.807) is 25.3 Å². The summed E-state index contributed by atoms with van der Waals surface area (Å²) in [5, 5.41) is 13.9. The zero-order valence-corrected chi connectivity index (χ0v) is 14.9. The number of benzene rings is 2. The Morgan fingerprint density at radius 2 is 1.80 bits per heavy atom. The summed E-state index contributed by atoms with van der Waals surface area (Å²) in [7, 11) is 1.62. The van der Waals surface area contributed by atoms with Gasteiger partial charge in [-0.1, -0.05) is 22.0 Å². The van der Waals surface area contributed by atoms with Gasteiger partial charge in [0.25, 0.3) is 5.91 Å². The number of halogens is 1. The van der Waals surface area contributed by atoms with Crippen LogP contribution in [0.2, 0.25) is 0 Å². The molecule has 1 amide bonds. The fraction of sp³-hybridized carbons (Fsp3) is 0.0556. The number of amides is 1. The van der Waals surface area contributed by atoms with Gasteiger partial charge >= 0.3 is 0 Å². The van der Waals surface area contributed by atoms with Gasteiger partial charge in [0.2, 0.25) is 0 Å². The Kier molecular flexibility index (Phi) is 5.25. The molecular weight excluding hydrogens is 384 g/mol. The van der Waals surface area contributed by atoms with Gasteiger partial charge in [-0.2, -0.15) is 0 Å². The molecular formula is C18H15BrN4O2. The van der Waals surface area contributed by atoms with Crippen molar-refractivity contribution < 1.29 is 9.53 Å². The molecule has 0 saturated heterocycles. The molecule has 0 fully saturated rings. The fourth-order valence-corrected chi connectivity index (χ4v) is 2.50. The predicted octanol–water partition coefficient (Wildman–Crippen LogP) is 4.24. The van der Waals surface area contributed by atoms with Gasteiger partial charge in [-0.25, -0.2) is 0 Å². The summed E-state index contributed by atoms with van der Waals surface area (Å²) in [6.07, 6.45) is 0. The Hall–Kier alpha value is -2.93. The summed E-state index contributed by atoms with van der Waals surface area (Å²) < 4.78 is 6.00.